The molecule has 8 aliphatic heterocycles. The quantitative estimate of drug-likeness (QED) is 0.0874. The lowest BCUT2D eigenvalue weighted by Gasteiger charge is -2.30. The average molecular weight is 1740 g/mol. The zero-order valence-corrected chi connectivity index (χ0v) is 72.1. The lowest BCUT2D eigenvalue weighted by atomic mass is 10.1. The number of carbonyl (C=O) groups excluding carboxylic acids is 3. The second-order valence-electron chi connectivity index (χ2n) is 34.7. The number of aromatic nitrogens is 15. The van der Waals surface area contributed by atoms with Crippen LogP contribution in [0.2, 0.25) is 0 Å². The molecule has 660 valence electrons. The van der Waals surface area contributed by atoms with Gasteiger partial charge in [0.1, 0.15) is 33.4 Å². The molecule has 3 amide bonds. The molecule has 0 radical (unpaired) electrons. The van der Waals surface area contributed by atoms with Crippen LogP contribution in [-0.4, -0.2) is 166 Å². The van der Waals surface area contributed by atoms with Gasteiger partial charge >= 0.3 is 0 Å². The van der Waals surface area contributed by atoms with Crippen LogP contribution in [-0.2, 0) is 40.6 Å². The lowest BCUT2D eigenvalue weighted by molar-refractivity contribution is -0.122. The van der Waals surface area contributed by atoms with Crippen LogP contribution in [0.5, 0.6) is 17.2 Å². The first-order valence-corrected chi connectivity index (χ1v) is 45.6. The number of hydrogen-bond donors (Lipinski definition) is 4. The van der Waals surface area contributed by atoms with Crippen molar-refractivity contribution in [2.24, 2.45) is 0 Å². The van der Waals surface area contributed by atoms with Crippen molar-refractivity contribution >= 4 is 135 Å². The number of likely N-dealkylation sites (tertiary alicyclic amines) is 1. The molecule has 2 saturated heterocycles. The topological polar surface area (TPSA) is 313 Å². The molecule has 130 heavy (non-hydrogen) atoms. The van der Waals surface area contributed by atoms with Gasteiger partial charge in [0.05, 0.1) is 53.8 Å². The summed E-state index contributed by atoms with van der Waals surface area (Å²) in [5.41, 5.74) is 11.5. The second kappa shape index (κ2) is 34.8. The molecule has 4 N–H and O–H groups in total. The average Bonchev–Trinajstić information content (AvgIpc) is 1.61. The number of allylic oxidation sites excluding steroid dienone is 6. The van der Waals surface area contributed by atoms with Crippen molar-refractivity contribution in [3.63, 3.8) is 0 Å². The van der Waals surface area contributed by atoms with Crippen molar-refractivity contribution < 1.29 is 28.6 Å². The van der Waals surface area contributed by atoms with E-state index in [4.69, 9.17) is 29.2 Å². The van der Waals surface area contributed by atoms with Gasteiger partial charge in [-0.2, -0.15) is 15.0 Å². The van der Waals surface area contributed by atoms with Gasteiger partial charge in [-0.25, -0.2) is 43.0 Å². The third-order valence-corrected chi connectivity index (χ3v) is 26.5. The van der Waals surface area contributed by atoms with E-state index in [-0.39, 0.29) is 54.2 Å². The highest BCUT2D eigenvalue weighted by molar-refractivity contribution is 6.01. The van der Waals surface area contributed by atoms with Crippen LogP contribution in [0.4, 0.5) is 52.0 Å². The molecule has 1 saturated carbocycles. The van der Waals surface area contributed by atoms with E-state index in [9.17, 15) is 28.8 Å². The standard InChI is InChI=1S/C34H36N8O3.C32H32N8O3.C32H31N7O3/c43-31-23-45-30-11-9-26-21-29(30)40(31)15-6-1-2-7-16-41-33(44)27-22-35-34(37-32(27)42(26)41)36-25-8-10-28-24(20-25)12-17-39(28)19-18-38-13-4-3-5-14-38;41-29-20-43-28-8-6-24-18-27(28)38(29)14-3-1-2-4-15-39-31(42)25-19-34-32(36-30(25)40(24)39)35-22-5-7-26-21(17-22)11-16-37(26)23-9-12-33-13-10-23;40-29-20-42-28-12-10-24-18-27(28)37(29)14-5-1-2-6-15-38-31(41)25-19-33-32(35-30(25)39(24)38)34-22-9-11-26-21(17-22)13-16-36(26)23-7-3-4-8-23/h2,7-12,17,20-22H,1,3-6,13-16,18-19,23H2,(H,35,36,37);2,4-8,11,16-19,23,33H,1,3,9-10,12-15,20H2,(H,34,35,36);2,6,9-13,16-19,23H,1,3-5,7-8,14-15,20H2,(H,33,34,35). The summed E-state index contributed by atoms with van der Waals surface area (Å²) < 4.78 is 34.7. The number of hydrogen-bond acceptors (Lipinski definition) is 20. The number of fused-ring (bicyclic) bond motifs is 18. The summed E-state index contributed by atoms with van der Waals surface area (Å²) in [7, 11) is 0. The van der Waals surface area contributed by atoms with Crippen LogP contribution in [0.3, 0.4) is 0 Å². The Labute approximate surface area is 745 Å². The Balaban J connectivity index is 0.000000114. The molecule has 0 spiro atoms. The fourth-order valence-electron chi connectivity index (χ4n) is 19.9. The fraction of sp³-hybridized carbons (Fsp3) is 0.327. The number of rotatable bonds is 11. The van der Waals surface area contributed by atoms with Crippen LogP contribution in [0.15, 0.2) is 215 Å². The maximum atomic E-state index is 13.6. The summed E-state index contributed by atoms with van der Waals surface area (Å²) in [4.78, 5) is 115. The molecule has 15 aromatic rings. The van der Waals surface area contributed by atoms with E-state index in [0.717, 1.165) is 117 Å². The molecule has 32 nitrogen and oxygen atoms in total. The predicted molar refractivity (Wildman–Crippen MR) is 503 cm³/mol. The zero-order valence-electron chi connectivity index (χ0n) is 72.1. The molecular weight excluding hydrogens is 1640 g/mol. The molecule has 1 aliphatic carbocycles. The molecule has 9 aliphatic rings. The molecule has 6 aromatic carbocycles. The van der Waals surface area contributed by atoms with E-state index in [2.05, 4.69) is 152 Å². The molecule has 32 heteroatoms. The maximum Gasteiger partial charge on any atom is 0.278 e. The minimum atomic E-state index is -0.175. The van der Waals surface area contributed by atoms with Gasteiger partial charge in [-0.15, -0.1) is 0 Å². The monoisotopic (exact) mass is 1740 g/mol. The number of nitrogens with zero attached hydrogens (tertiary/aromatic N) is 19. The van der Waals surface area contributed by atoms with E-state index in [1.54, 1.807) is 47.3 Å². The molecule has 6 bridgehead atoms. The molecule has 17 heterocycles. The van der Waals surface area contributed by atoms with E-state index >= 15 is 0 Å². The Morgan fingerprint density at radius 3 is 1.17 bits per heavy atom. The number of ether oxygens (including phenoxy) is 3. The van der Waals surface area contributed by atoms with Gasteiger partial charge in [-0.3, -0.25) is 28.8 Å². The number of amides is 3. The summed E-state index contributed by atoms with van der Waals surface area (Å²) >= 11 is 0. The first-order valence-electron chi connectivity index (χ1n) is 45.6. The summed E-state index contributed by atoms with van der Waals surface area (Å²) in [6.45, 7) is 9.58. The summed E-state index contributed by atoms with van der Waals surface area (Å²) in [5, 5.41) is 18.2. The normalized spacial score (nSPS) is 17.3. The van der Waals surface area contributed by atoms with Crippen molar-refractivity contribution in [3.05, 3.63) is 232 Å². The van der Waals surface area contributed by atoms with Gasteiger partial charge < -0.3 is 68.8 Å². The van der Waals surface area contributed by atoms with Gasteiger partial charge in [0.25, 0.3) is 34.4 Å². The Morgan fingerprint density at radius 1 is 0.369 bits per heavy atom. The number of nitrogens with one attached hydrogen (secondary N) is 4. The summed E-state index contributed by atoms with van der Waals surface area (Å²) in [6.07, 6.45) is 39.6. The molecule has 0 atom stereocenters. The zero-order chi connectivity index (χ0) is 87.5. The van der Waals surface area contributed by atoms with Crippen molar-refractivity contribution in [2.45, 2.75) is 135 Å². The largest absolute Gasteiger partial charge is 0.482 e. The Morgan fingerprint density at radius 2 is 0.754 bits per heavy atom. The first kappa shape index (κ1) is 81.1. The van der Waals surface area contributed by atoms with Crippen LogP contribution in [0.1, 0.15) is 108 Å². The van der Waals surface area contributed by atoms with Gasteiger partial charge in [0.2, 0.25) is 17.8 Å². The van der Waals surface area contributed by atoms with Gasteiger partial charge in [0, 0.05) is 132 Å². The number of carbonyl (C=O) groups is 3. The predicted octanol–water partition coefficient (Wildman–Crippen LogP) is 14.6. The molecule has 3 fully saturated rings. The van der Waals surface area contributed by atoms with Gasteiger partial charge in [-0.05, 0) is 231 Å². The number of anilines is 9. The van der Waals surface area contributed by atoms with Crippen molar-refractivity contribution in [2.75, 3.05) is 103 Å². The molecule has 9 aromatic heterocycles. The van der Waals surface area contributed by atoms with Crippen molar-refractivity contribution in [3.8, 4) is 34.3 Å². The van der Waals surface area contributed by atoms with Gasteiger partial charge in [-0.1, -0.05) is 55.7 Å². The van der Waals surface area contributed by atoms with E-state index in [0.29, 0.717) is 142 Å². The van der Waals surface area contributed by atoms with Gasteiger partial charge in [0.15, 0.2) is 36.8 Å². The third kappa shape index (κ3) is 15.5. The SMILES string of the molecule is O=C1COc2ccc3cc2N1CCCC=CCn1c(=O)c2cnc(Nc4ccc5c(ccn5C5CCCC5)c4)nc2n1-3.O=C1COc2ccc3cc2N1CCCC=CCn1c(=O)c2cnc(Nc4ccc5c(ccn5C5CCNCC5)c4)nc2n1-3.O=C1COc2ccc3cc2N1CCCC=CCn1c(=O)c2cnc(Nc4ccc5c(ccn5CCN5CCCCC5)c4)nc2n1-3. The highest BCUT2D eigenvalue weighted by Gasteiger charge is 2.33. The van der Waals surface area contributed by atoms with Crippen LogP contribution in [0, 0.1) is 0 Å². The Hall–Kier alpha value is -14.7. The molecular formula is C98H99N23O9. The van der Waals surface area contributed by atoms with Crippen LogP contribution >= 0.6 is 0 Å². The van der Waals surface area contributed by atoms with E-state index < -0.39 is 0 Å². The second-order valence-corrected chi connectivity index (χ2v) is 34.7. The van der Waals surface area contributed by atoms with Crippen LogP contribution in [0.25, 0.3) is 82.9 Å². The van der Waals surface area contributed by atoms with E-state index in [1.165, 1.54) is 80.0 Å². The smallest absolute Gasteiger partial charge is 0.278 e. The highest BCUT2D eigenvalue weighted by Crippen LogP contribution is 2.41. The van der Waals surface area contributed by atoms with Crippen LogP contribution < -0.4 is 66.9 Å². The minimum Gasteiger partial charge on any atom is -0.482 e. The fourth-order valence-corrected chi connectivity index (χ4v) is 19.9. The molecule has 0 unspecified atom stereocenters. The van der Waals surface area contributed by atoms with Crippen molar-refractivity contribution in [1.82, 2.24) is 81.9 Å². The lowest BCUT2D eigenvalue weighted by Crippen LogP contribution is -2.39. The number of piperidine rings is 2. The van der Waals surface area contributed by atoms with E-state index in [1.807, 2.05) is 99.0 Å². The Kier molecular flexibility index (Phi) is 21.7. The van der Waals surface area contributed by atoms with Crippen molar-refractivity contribution in [1.29, 1.82) is 0 Å². The summed E-state index contributed by atoms with van der Waals surface area (Å²) in [6, 6.07) is 43.5. The maximum absolute atomic E-state index is 13.6. The highest BCUT2D eigenvalue weighted by atomic mass is 16.5. The number of benzene rings is 6. The minimum absolute atomic E-state index is 0.0240. The summed E-state index contributed by atoms with van der Waals surface area (Å²) in [5.74, 6) is 2.95. The molecule has 24 rings (SSSR count). The Bertz CT molecular complexity index is 7260. The third-order valence-electron chi connectivity index (χ3n) is 26.5. The first-order chi connectivity index (χ1) is 63.9.